The summed E-state index contributed by atoms with van der Waals surface area (Å²) in [6.07, 6.45) is 3.06. The number of hydrogen-bond donors (Lipinski definition) is 1. The molecule has 1 aliphatic heterocycles. The molecular formula is C22H21NO5. The van der Waals surface area contributed by atoms with Gasteiger partial charge in [-0.25, -0.2) is 9.59 Å². The van der Waals surface area contributed by atoms with E-state index in [4.69, 9.17) is 14.2 Å². The zero-order chi connectivity index (χ0) is 19.9. The van der Waals surface area contributed by atoms with Crippen molar-refractivity contribution in [3.8, 4) is 5.75 Å². The molecule has 0 saturated carbocycles. The Kier molecular flexibility index (Phi) is 6.11. The van der Waals surface area contributed by atoms with Crippen LogP contribution in [0.15, 0.2) is 78.1 Å². The third-order valence-electron chi connectivity index (χ3n) is 4.38. The minimum atomic E-state index is -0.624. The summed E-state index contributed by atoms with van der Waals surface area (Å²) < 4.78 is 15.6. The van der Waals surface area contributed by atoms with E-state index in [0.29, 0.717) is 23.5 Å². The number of ether oxygens (including phenoxy) is 3. The van der Waals surface area contributed by atoms with Gasteiger partial charge >= 0.3 is 11.9 Å². The van der Waals surface area contributed by atoms with Crippen LogP contribution in [-0.4, -0.2) is 26.2 Å². The van der Waals surface area contributed by atoms with Crippen molar-refractivity contribution < 1.29 is 23.8 Å². The number of carbonyl (C=O) groups is 2. The third kappa shape index (κ3) is 4.23. The SMILES string of the molecule is COC(=O)C1=CNC=C(C(=O)OC)C1c1cccc(OCc2ccccc2)c1. The van der Waals surface area contributed by atoms with Crippen molar-refractivity contribution in [1.29, 1.82) is 0 Å². The lowest BCUT2D eigenvalue weighted by Crippen LogP contribution is -2.26. The van der Waals surface area contributed by atoms with Gasteiger partial charge in [-0.2, -0.15) is 0 Å². The minimum absolute atomic E-state index is 0.311. The molecule has 0 amide bonds. The average molecular weight is 379 g/mol. The Morgan fingerprint density at radius 3 is 2.14 bits per heavy atom. The molecule has 0 aromatic heterocycles. The predicted molar refractivity (Wildman–Crippen MR) is 103 cm³/mol. The van der Waals surface area contributed by atoms with E-state index in [1.54, 1.807) is 0 Å². The number of dihydropyridines is 1. The lowest BCUT2D eigenvalue weighted by Gasteiger charge is -2.24. The molecule has 0 unspecified atom stereocenters. The fraction of sp³-hybridized carbons (Fsp3) is 0.182. The minimum Gasteiger partial charge on any atom is -0.489 e. The highest BCUT2D eigenvalue weighted by molar-refractivity contribution is 5.98. The first-order valence-electron chi connectivity index (χ1n) is 8.73. The quantitative estimate of drug-likeness (QED) is 0.778. The van der Waals surface area contributed by atoms with E-state index in [1.165, 1.54) is 26.6 Å². The van der Waals surface area contributed by atoms with E-state index in [0.717, 1.165) is 11.1 Å². The van der Waals surface area contributed by atoms with E-state index in [9.17, 15) is 9.59 Å². The van der Waals surface area contributed by atoms with Crippen molar-refractivity contribution >= 4 is 11.9 Å². The Bertz CT molecular complexity index is 886. The number of nitrogens with one attached hydrogen (secondary N) is 1. The largest absolute Gasteiger partial charge is 0.489 e. The van der Waals surface area contributed by atoms with Gasteiger partial charge in [-0.05, 0) is 23.3 Å². The third-order valence-corrected chi connectivity index (χ3v) is 4.38. The fourth-order valence-electron chi connectivity index (χ4n) is 3.03. The van der Waals surface area contributed by atoms with Crippen LogP contribution in [0.2, 0.25) is 0 Å². The summed E-state index contributed by atoms with van der Waals surface area (Å²) in [6.45, 7) is 0.413. The van der Waals surface area contributed by atoms with E-state index in [1.807, 2.05) is 54.6 Å². The van der Waals surface area contributed by atoms with Crippen molar-refractivity contribution in [2.45, 2.75) is 12.5 Å². The Labute approximate surface area is 163 Å². The van der Waals surface area contributed by atoms with Crippen molar-refractivity contribution in [2.24, 2.45) is 0 Å². The molecule has 2 aromatic carbocycles. The van der Waals surface area contributed by atoms with Crippen LogP contribution in [0.5, 0.6) is 5.75 Å². The number of rotatable bonds is 6. The lowest BCUT2D eigenvalue weighted by atomic mass is 9.83. The molecule has 1 aliphatic rings. The summed E-state index contributed by atoms with van der Waals surface area (Å²) in [7, 11) is 2.60. The highest BCUT2D eigenvalue weighted by Gasteiger charge is 2.33. The van der Waals surface area contributed by atoms with Crippen LogP contribution in [0.3, 0.4) is 0 Å². The van der Waals surface area contributed by atoms with Gasteiger partial charge in [0.25, 0.3) is 0 Å². The van der Waals surface area contributed by atoms with Crippen LogP contribution >= 0.6 is 0 Å². The van der Waals surface area contributed by atoms with E-state index >= 15 is 0 Å². The molecule has 144 valence electrons. The monoisotopic (exact) mass is 379 g/mol. The zero-order valence-electron chi connectivity index (χ0n) is 15.7. The van der Waals surface area contributed by atoms with Crippen molar-refractivity contribution in [2.75, 3.05) is 14.2 Å². The molecule has 2 aromatic rings. The van der Waals surface area contributed by atoms with Crippen molar-refractivity contribution in [1.82, 2.24) is 5.32 Å². The van der Waals surface area contributed by atoms with Gasteiger partial charge in [-0.15, -0.1) is 0 Å². The molecule has 0 fully saturated rings. The Hall–Kier alpha value is -3.54. The first-order chi connectivity index (χ1) is 13.6. The summed E-state index contributed by atoms with van der Waals surface area (Å²) in [4.78, 5) is 24.5. The van der Waals surface area contributed by atoms with Crippen LogP contribution < -0.4 is 10.1 Å². The first-order valence-corrected chi connectivity index (χ1v) is 8.73. The molecule has 28 heavy (non-hydrogen) atoms. The molecule has 0 radical (unpaired) electrons. The molecule has 0 saturated heterocycles. The van der Waals surface area contributed by atoms with E-state index in [-0.39, 0.29) is 0 Å². The Balaban J connectivity index is 1.90. The lowest BCUT2D eigenvalue weighted by molar-refractivity contribution is -0.137. The topological polar surface area (TPSA) is 73.9 Å². The second kappa shape index (κ2) is 8.90. The summed E-state index contributed by atoms with van der Waals surface area (Å²) in [5.74, 6) is -1.04. The maximum atomic E-state index is 12.3. The molecule has 1 heterocycles. The predicted octanol–water partition coefficient (Wildman–Crippen LogP) is 3.07. The number of carbonyl (C=O) groups excluding carboxylic acids is 2. The van der Waals surface area contributed by atoms with Gasteiger partial charge in [-0.3, -0.25) is 0 Å². The molecule has 0 aliphatic carbocycles. The highest BCUT2D eigenvalue weighted by atomic mass is 16.5. The summed E-state index contributed by atoms with van der Waals surface area (Å²) in [6, 6.07) is 17.1. The van der Waals surface area contributed by atoms with Crippen molar-refractivity contribution in [3.63, 3.8) is 0 Å². The number of hydrogen-bond acceptors (Lipinski definition) is 6. The molecule has 6 heteroatoms. The first kappa shape index (κ1) is 19.2. The maximum absolute atomic E-state index is 12.3. The Morgan fingerprint density at radius 2 is 1.54 bits per heavy atom. The molecular weight excluding hydrogens is 358 g/mol. The summed E-state index contributed by atoms with van der Waals surface area (Å²) in [5.41, 5.74) is 2.39. The molecule has 0 bridgehead atoms. The van der Waals surface area contributed by atoms with Gasteiger partial charge in [0, 0.05) is 12.4 Å². The van der Waals surface area contributed by atoms with Crippen LogP contribution in [-0.2, 0) is 25.7 Å². The van der Waals surface area contributed by atoms with Gasteiger partial charge in [0.1, 0.15) is 12.4 Å². The van der Waals surface area contributed by atoms with Gasteiger partial charge in [0.05, 0.1) is 31.3 Å². The second-order valence-corrected chi connectivity index (χ2v) is 6.13. The van der Waals surface area contributed by atoms with Gasteiger partial charge in [0.15, 0.2) is 0 Å². The number of benzene rings is 2. The van der Waals surface area contributed by atoms with Gasteiger partial charge < -0.3 is 19.5 Å². The van der Waals surface area contributed by atoms with Crippen LogP contribution in [0.4, 0.5) is 0 Å². The van der Waals surface area contributed by atoms with Crippen LogP contribution in [0, 0.1) is 0 Å². The number of esters is 2. The second-order valence-electron chi connectivity index (χ2n) is 6.13. The number of methoxy groups -OCH3 is 2. The molecule has 0 atom stereocenters. The zero-order valence-corrected chi connectivity index (χ0v) is 15.7. The van der Waals surface area contributed by atoms with Gasteiger partial charge in [-0.1, -0.05) is 42.5 Å². The molecule has 0 spiro atoms. The highest BCUT2D eigenvalue weighted by Crippen LogP contribution is 2.36. The van der Waals surface area contributed by atoms with Gasteiger partial charge in [0.2, 0.25) is 0 Å². The summed E-state index contributed by atoms with van der Waals surface area (Å²) in [5, 5.41) is 2.82. The molecule has 3 rings (SSSR count). The normalized spacial score (nSPS) is 13.6. The molecule has 1 N–H and O–H groups in total. The standard InChI is InChI=1S/C22H21NO5/c1-26-21(24)18-12-23-13-19(22(25)27-2)20(18)16-9-6-10-17(11-16)28-14-15-7-4-3-5-8-15/h3-13,20,23H,14H2,1-2H3. The van der Waals surface area contributed by atoms with E-state index in [2.05, 4.69) is 5.32 Å². The van der Waals surface area contributed by atoms with Crippen LogP contribution in [0.1, 0.15) is 17.0 Å². The summed E-state index contributed by atoms with van der Waals surface area (Å²) >= 11 is 0. The molecule has 6 nitrogen and oxygen atoms in total. The Morgan fingerprint density at radius 1 is 0.893 bits per heavy atom. The maximum Gasteiger partial charge on any atom is 0.336 e. The van der Waals surface area contributed by atoms with Crippen molar-refractivity contribution in [3.05, 3.63) is 89.3 Å². The smallest absolute Gasteiger partial charge is 0.336 e. The van der Waals surface area contributed by atoms with E-state index < -0.39 is 17.9 Å². The van der Waals surface area contributed by atoms with Crippen LogP contribution in [0.25, 0.3) is 0 Å². The average Bonchev–Trinajstić information content (AvgIpc) is 2.77. The fourth-order valence-corrected chi connectivity index (χ4v) is 3.03.